The van der Waals surface area contributed by atoms with Crippen molar-refractivity contribution in [2.45, 2.75) is 81.9 Å². The molecule has 2 heterocycles. The maximum absolute atomic E-state index is 14.8. The van der Waals surface area contributed by atoms with Crippen LogP contribution in [0.25, 0.3) is 16.5 Å². The van der Waals surface area contributed by atoms with Gasteiger partial charge in [-0.1, -0.05) is 92.9 Å². The summed E-state index contributed by atoms with van der Waals surface area (Å²) in [5.41, 5.74) is 1.48. The molecule has 14 nitrogen and oxygen atoms in total. The first kappa shape index (κ1) is 43.5. The minimum Gasteiger partial charge on any atom is -0.337 e. The van der Waals surface area contributed by atoms with Crippen molar-refractivity contribution in [2.75, 3.05) is 19.6 Å². The molecular weight excluding hydrogens is 840 g/mol. The molecule has 1 aliphatic carbocycles. The van der Waals surface area contributed by atoms with Crippen LogP contribution in [0.2, 0.25) is 5.02 Å². The van der Waals surface area contributed by atoms with Crippen molar-refractivity contribution in [3.8, 4) is 5.69 Å². The van der Waals surface area contributed by atoms with Crippen LogP contribution in [0.3, 0.4) is 0 Å². The lowest BCUT2D eigenvalue weighted by Crippen LogP contribution is -2.37. The molecule has 0 unspecified atom stereocenters. The smallest absolute Gasteiger partial charge is 0.275 e. The van der Waals surface area contributed by atoms with Gasteiger partial charge in [-0.05, 0) is 84.3 Å². The number of rotatable bonds is 16. The molecule has 0 atom stereocenters. The minimum atomic E-state index is -4.38. The third-order valence-electron chi connectivity index (χ3n) is 10.9. The number of nitrogens with one attached hydrogen (secondary N) is 2. The van der Waals surface area contributed by atoms with Crippen molar-refractivity contribution in [1.82, 2.24) is 29.0 Å². The molecule has 61 heavy (non-hydrogen) atoms. The van der Waals surface area contributed by atoms with E-state index in [-0.39, 0.29) is 44.7 Å². The van der Waals surface area contributed by atoms with Crippen molar-refractivity contribution in [3.05, 3.63) is 124 Å². The standard InChI is InChI=1S/C44H47ClN6O8S2/c1-3-5-22-49(23-6-4-2)44(55)41-40(45)38(27-39(52)47-60(56,57)34-18-19-34)51(46-41)37-20-16-32(26-36(37)43(54)50-24-21-30-12-8-10-14-33(30)28-50)42(53)48-61(58,59)35-17-15-29-11-7-9-13-31(29)25-35/h7-17,20,25-26,34H,3-6,18-19,21-24,27-28H2,1-2H3,(H,47,52)(H,48,53). The lowest BCUT2D eigenvalue weighted by Gasteiger charge is -2.29. The third kappa shape index (κ3) is 9.66. The van der Waals surface area contributed by atoms with E-state index < -0.39 is 55.3 Å². The second-order valence-corrected chi connectivity index (χ2v) is 19.4. The maximum atomic E-state index is 14.8. The summed E-state index contributed by atoms with van der Waals surface area (Å²) in [5, 5.41) is 5.21. The number of hydrogen-bond donors (Lipinski definition) is 2. The summed E-state index contributed by atoms with van der Waals surface area (Å²) in [5.74, 6) is -2.98. The molecule has 4 amide bonds. The largest absolute Gasteiger partial charge is 0.337 e. The van der Waals surface area contributed by atoms with Gasteiger partial charge in [-0.3, -0.25) is 23.9 Å². The highest BCUT2D eigenvalue weighted by Gasteiger charge is 2.38. The van der Waals surface area contributed by atoms with Gasteiger partial charge in [0.15, 0.2) is 5.69 Å². The van der Waals surface area contributed by atoms with Crippen molar-refractivity contribution >= 4 is 66.0 Å². The molecule has 0 radical (unpaired) electrons. The Morgan fingerprint density at radius 1 is 0.820 bits per heavy atom. The third-order valence-corrected chi connectivity index (χ3v) is 14.5. The van der Waals surface area contributed by atoms with Gasteiger partial charge < -0.3 is 9.80 Å². The Morgan fingerprint density at radius 2 is 1.49 bits per heavy atom. The second kappa shape index (κ2) is 18.2. The predicted octanol–water partition coefficient (Wildman–Crippen LogP) is 6.19. The van der Waals surface area contributed by atoms with Crippen LogP contribution < -0.4 is 9.44 Å². The van der Waals surface area contributed by atoms with Gasteiger partial charge in [0.2, 0.25) is 15.9 Å². The molecular formula is C44H47ClN6O8S2. The molecule has 0 spiro atoms. The number of nitrogens with zero attached hydrogens (tertiary/aromatic N) is 4. The SMILES string of the molecule is CCCCN(CCCC)C(=O)c1nn(-c2ccc(C(=O)NS(=O)(=O)c3ccc4ccccc4c3)cc2C(=O)N2CCc3ccccc3C2)c(CC(=O)NS(=O)(=O)C2CC2)c1Cl. The van der Waals surface area contributed by atoms with Crippen LogP contribution in [0.5, 0.6) is 0 Å². The highest BCUT2D eigenvalue weighted by molar-refractivity contribution is 7.91. The zero-order valence-electron chi connectivity index (χ0n) is 33.9. The van der Waals surface area contributed by atoms with Crippen LogP contribution >= 0.6 is 11.6 Å². The Balaban J connectivity index is 1.32. The molecule has 1 aromatic heterocycles. The lowest BCUT2D eigenvalue weighted by atomic mass is 9.98. The van der Waals surface area contributed by atoms with Crippen LogP contribution in [0.15, 0.2) is 89.8 Å². The first-order chi connectivity index (χ1) is 29.2. The number of unbranched alkanes of at least 4 members (excludes halogenated alkanes) is 2. The summed E-state index contributed by atoms with van der Waals surface area (Å²) >= 11 is 6.98. The fourth-order valence-corrected chi connectivity index (χ4v) is 9.93. The topological polar surface area (TPSA) is 185 Å². The Labute approximate surface area is 360 Å². The number of sulfonamides is 2. The highest BCUT2D eigenvalue weighted by atomic mass is 35.5. The minimum absolute atomic E-state index is 0.0280. The van der Waals surface area contributed by atoms with Crippen LogP contribution in [-0.4, -0.2) is 84.9 Å². The van der Waals surface area contributed by atoms with E-state index in [4.69, 9.17) is 11.6 Å². The summed E-state index contributed by atoms with van der Waals surface area (Å²) in [6.45, 7) is 5.37. The Bertz CT molecular complexity index is 2740. The fraction of sp³-hybridized carbons (Fsp3) is 0.341. The van der Waals surface area contributed by atoms with Gasteiger partial charge in [-0.2, -0.15) is 5.10 Å². The van der Waals surface area contributed by atoms with E-state index in [1.165, 1.54) is 35.0 Å². The number of carbonyl (C=O) groups is 4. The Hall–Kier alpha value is -5.58. The van der Waals surface area contributed by atoms with Crippen molar-refractivity contribution in [2.24, 2.45) is 0 Å². The average Bonchev–Trinajstić information content (AvgIpc) is 4.08. The first-order valence-corrected chi connectivity index (χ1v) is 23.8. The number of carbonyl (C=O) groups excluding carboxylic acids is 4. The summed E-state index contributed by atoms with van der Waals surface area (Å²) in [4.78, 5) is 59.4. The number of amides is 4. The van der Waals surface area contributed by atoms with E-state index in [1.807, 2.05) is 50.2 Å². The molecule has 0 bridgehead atoms. The van der Waals surface area contributed by atoms with E-state index in [0.717, 1.165) is 29.4 Å². The van der Waals surface area contributed by atoms with Gasteiger partial charge in [-0.25, -0.2) is 26.2 Å². The molecule has 2 aliphatic rings. The van der Waals surface area contributed by atoms with E-state index in [1.54, 1.807) is 28.0 Å². The molecule has 2 N–H and O–H groups in total. The average molecular weight is 887 g/mol. The maximum Gasteiger partial charge on any atom is 0.275 e. The number of benzene rings is 4. The van der Waals surface area contributed by atoms with E-state index in [0.29, 0.717) is 57.1 Å². The zero-order valence-corrected chi connectivity index (χ0v) is 36.3. The van der Waals surface area contributed by atoms with Crippen molar-refractivity contribution in [1.29, 1.82) is 0 Å². The molecule has 1 fully saturated rings. The van der Waals surface area contributed by atoms with Crippen molar-refractivity contribution < 1.29 is 36.0 Å². The molecule has 17 heteroatoms. The van der Waals surface area contributed by atoms with E-state index in [2.05, 4.69) is 14.5 Å². The summed E-state index contributed by atoms with van der Waals surface area (Å²) < 4.78 is 58.2. The monoisotopic (exact) mass is 886 g/mol. The van der Waals surface area contributed by atoms with E-state index >= 15 is 0 Å². The van der Waals surface area contributed by atoms with E-state index in [9.17, 15) is 36.0 Å². The Morgan fingerprint density at radius 3 is 2.18 bits per heavy atom. The first-order valence-electron chi connectivity index (χ1n) is 20.4. The number of fused-ring (bicyclic) bond motifs is 2. The molecule has 320 valence electrons. The Kier molecular flexibility index (Phi) is 13.0. The van der Waals surface area contributed by atoms with Crippen LogP contribution in [0, 0.1) is 0 Å². The normalized spacial score (nSPS) is 14.0. The van der Waals surface area contributed by atoms with Gasteiger partial charge >= 0.3 is 0 Å². The molecule has 4 aromatic carbocycles. The molecule has 1 aliphatic heterocycles. The van der Waals surface area contributed by atoms with Crippen molar-refractivity contribution in [3.63, 3.8) is 0 Å². The quantitative estimate of drug-likeness (QED) is 0.117. The van der Waals surface area contributed by atoms with Gasteiger partial charge in [0.05, 0.1) is 38.5 Å². The van der Waals surface area contributed by atoms with Gasteiger partial charge in [-0.15, -0.1) is 0 Å². The van der Waals surface area contributed by atoms with Gasteiger partial charge in [0.1, 0.15) is 0 Å². The molecule has 0 saturated heterocycles. The number of halogens is 1. The predicted molar refractivity (Wildman–Crippen MR) is 232 cm³/mol. The molecule has 5 aromatic rings. The van der Waals surface area contributed by atoms with Gasteiger partial charge in [0.25, 0.3) is 27.7 Å². The zero-order chi connectivity index (χ0) is 43.5. The lowest BCUT2D eigenvalue weighted by molar-refractivity contribution is -0.118. The fourth-order valence-electron chi connectivity index (χ4n) is 7.34. The summed E-state index contributed by atoms with van der Waals surface area (Å²) in [7, 11) is -8.35. The summed E-state index contributed by atoms with van der Waals surface area (Å²) in [6, 6.07) is 23.3. The summed E-state index contributed by atoms with van der Waals surface area (Å²) in [6.07, 6.45) is 3.79. The van der Waals surface area contributed by atoms with Crippen LogP contribution in [-0.2, 0) is 44.2 Å². The highest BCUT2D eigenvalue weighted by Crippen LogP contribution is 2.31. The second-order valence-electron chi connectivity index (χ2n) is 15.4. The van der Waals surface area contributed by atoms with Gasteiger partial charge in [0, 0.05) is 31.7 Å². The molecule has 1 saturated carbocycles. The number of aromatic nitrogens is 2. The number of hydrogen-bond acceptors (Lipinski definition) is 9. The molecule has 7 rings (SSSR count). The van der Waals surface area contributed by atoms with Crippen LogP contribution in [0.1, 0.15) is 100 Å². The van der Waals surface area contributed by atoms with Crippen LogP contribution in [0.4, 0.5) is 0 Å².